The first-order valence-corrected chi connectivity index (χ1v) is 6.88. The molecule has 20 heavy (non-hydrogen) atoms. The molecule has 2 aromatic carbocycles. The predicted molar refractivity (Wildman–Crippen MR) is 80.9 cm³/mol. The maximum absolute atomic E-state index is 9.39. The molecular weight excluding hydrogens is 246 g/mol. The molecule has 2 heteroatoms. The minimum atomic E-state index is -0.102. The molecule has 0 saturated carbocycles. The van der Waals surface area contributed by atoms with Gasteiger partial charge in [0, 0.05) is 0 Å². The van der Waals surface area contributed by atoms with E-state index in [1.165, 1.54) is 5.56 Å². The van der Waals surface area contributed by atoms with Gasteiger partial charge in [0.25, 0.3) is 0 Å². The smallest absolute Gasteiger partial charge is 0.118 e. The molecule has 0 radical (unpaired) electrons. The first kappa shape index (κ1) is 14.1. The van der Waals surface area contributed by atoms with E-state index in [0.717, 1.165) is 29.7 Å². The van der Waals surface area contributed by atoms with Crippen LogP contribution in [0.15, 0.2) is 48.5 Å². The lowest BCUT2D eigenvalue weighted by atomic mass is 9.92. The zero-order chi connectivity index (χ0) is 14.4. The van der Waals surface area contributed by atoms with Gasteiger partial charge in [-0.3, -0.25) is 0 Å². The topological polar surface area (TPSA) is 33.0 Å². The van der Waals surface area contributed by atoms with Gasteiger partial charge in [-0.25, -0.2) is 0 Å². The van der Waals surface area contributed by atoms with Crippen LogP contribution >= 0.6 is 0 Å². The number of rotatable bonds is 5. The van der Waals surface area contributed by atoms with Crippen LogP contribution in [0.25, 0.3) is 0 Å². The van der Waals surface area contributed by atoms with E-state index in [1.54, 1.807) is 7.11 Å². The molecule has 0 aliphatic carbocycles. The molecule has 0 aliphatic heterocycles. The fourth-order valence-electron chi connectivity index (χ4n) is 2.22. The maximum Gasteiger partial charge on any atom is 0.118 e. The second-order valence-corrected chi connectivity index (χ2v) is 4.83. The molecule has 0 fully saturated rings. The Morgan fingerprint density at radius 2 is 1.60 bits per heavy atom. The largest absolute Gasteiger partial charge is 0.497 e. The van der Waals surface area contributed by atoms with Crippen molar-refractivity contribution >= 4 is 0 Å². The number of methoxy groups -OCH3 is 1. The van der Waals surface area contributed by atoms with Gasteiger partial charge in [0.05, 0.1) is 19.1 Å². The molecule has 2 aromatic rings. The third-order valence-corrected chi connectivity index (χ3v) is 3.55. The Hall–Kier alpha value is -2.27. The van der Waals surface area contributed by atoms with Crippen molar-refractivity contribution in [3.8, 4) is 11.8 Å². The van der Waals surface area contributed by atoms with Gasteiger partial charge in [-0.15, -0.1) is 0 Å². The third kappa shape index (κ3) is 3.39. The van der Waals surface area contributed by atoms with Gasteiger partial charge >= 0.3 is 0 Å². The molecule has 0 aromatic heterocycles. The monoisotopic (exact) mass is 265 g/mol. The first-order valence-electron chi connectivity index (χ1n) is 6.88. The average Bonchev–Trinajstić information content (AvgIpc) is 2.53. The summed E-state index contributed by atoms with van der Waals surface area (Å²) in [6, 6.07) is 18.6. The van der Waals surface area contributed by atoms with E-state index < -0.39 is 0 Å². The van der Waals surface area contributed by atoms with E-state index in [4.69, 9.17) is 4.74 Å². The summed E-state index contributed by atoms with van der Waals surface area (Å²) in [6.07, 6.45) is 1.75. The van der Waals surface area contributed by atoms with Gasteiger partial charge in [-0.1, -0.05) is 43.3 Å². The molecular formula is C18H19NO. The number of benzene rings is 2. The number of nitriles is 1. The second kappa shape index (κ2) is 6.77. The van der Waals surface area contributed by atoms with Crippen LogP contribution in [0.4, 0.5) is 0 Å². The van der Waals surface area contributed by atoms with Crippen molar-refractivity contribution in [1.82, 2.24) is 0 Å². The SMILES string of the molecule is CCc1ccc(C(C#N)Cc2ccc(OC)cc2)cc1. The van der Waals surface area contributed by atoms with Crippen molar-refractivity contribution in [3.05, 3.63) is 65.2 Å². The lowest BCUT2D eigenvalue weighted by Gasteiger charge is -2.11. The van der Waals surface area contributed by atoms with Crippen LogP contribution < -0.4 is 4.74 Å². The predicted octanol–water partition coefficient (Wildman–Crippen LogP) is 4.11. The Morgan fingerprint density at radius 3 is 2.10 bits per heavy atom. The molecule has 0 amide bonds. The normalized spacial score (nSPS) is 11.7. The third-order valence-electron chi connectivity index (χ3n) is 3.55. The quantitative estimate of drug-likeness (QED) is 0.815. The summed E-state index contributed by atoms with van der Waals surface area (Å²) >= 11 is 0. The van der Waals surface area contributed by atoms with Crippen LogP contribution in [0.3, 0.4) is 0 Å². The molecule has 0 bridgehead atoms. The van der Waals surface area contributed by atoms with Crippen LogP contribution in [0.2, 0.25) is 0 Å². The van der Waals surface area contributed by atoms with Gasteiger partial charge in [0.15, 0.2) is 0 Å². The molecule has 0 aliphatic rings. The molecule has 0 saturated heterocycles. The summed E-state index contributed by atoms with van der Waals surface area (Å²) in [6.45, 7) is 2.13. The van der Waals surface area contributed by atoms with E-state index in [0.29, 0.717) is 0 Å². The van der Waals surface area contributed by atoms with Gasteiger partial charge < -0.3 is 4.74 Å². The van der Waals surface area contributed by atoms with Crippen LogP contribution in [0.1, 0.15) is 29.5 Å². The van der Waals surface area contributed by atoms with E-state index in [1.807, 2.05) is 24.3 Å². The van der Waals surface area contributed by atoms with Crippen molar-refractivity contribution in [3.63, 3.8) is 0 Å². The lowest BCUT2D eigenvalue weighted by molar-refractivity contribution is 0.414. The van der Waals surface area contributed by atoms with Crippen molar-refractivity contribution in [2.45, 2.75) is 25.7 Å². The van der Waals surface area contributed by atoms with Gasteiger partial charge in [0.1, 0.15) is 5.75 Å². The minimum Gasteiger partial charge on any atom is -0.497 e. The van der Waals surface area contributed by atoms with E-state index in [2.05, 4.69) is 37.3 Å². The van der Waals surface area contributed by atoms with Gasteiger partial charge in [-0.05, 0) is 41.7 Å². The van der Waals surface area contributed by atoms with Gasteiger partial charge in [0.2, 0.25) is 0 Å². The molecule has 1 unspecified atom stereocenters. The van der Waals surface area contributed by atoms with E-state index in [9.17, 15) is 5.26 Å². The van der Waals surface area contributed by atoms with E-state index in [-0.39, 0.29) is 5.92 Å². The zero-order valence-electron chi connectivity index (χ0n) is 12.0. The average molecular weight is 265 g/mol. The fraction of sp³-hybridized carbons (Fsp3) is 0.278. The van der Waals surface area contributed by atoms with Crippen molar-refractivity contribution in [2.24, 2.45) is 0 Å². The molecule has 0 heterocycles. The minimum absolute atomic E-state index is 0.102. The standard InChI is InChI=1S/C18H19NO/c1-3-14-4-8-16(9-5-14)17(13-19)12-15-6-10-18(20-2)11-7-15/h4-11,17H,3,12H2,1-2H3. The molecule has 1 atom stereocenters. The summed E-state index contributed by atoms with van der Waals surface area (Å²) in [4.78, 5) is 0. The number of hydrogen-bond acceptors (Lipinski definition) is 2. The van der Waals surface area contributed by atoms with Crippen LogP contribution in [0.5, 0.6) is 5.75 Å². The number of aryl methyl sites for hydroxylation is 1. The van der Waals surface area contributed by atoms with Crippen molar-refractivity contribution in [1.29, 1.82) is 5.26 Å². The highest BCUT2D eigenvalue weighted by Gasteiger charge is 2.11. The Kier molecular flexibility index (Phi) is 4.79. The Balaban J connectivity index is 2.13. The van der Waals surface area contributed by atoms with Gasteiger partial charge in [-0.2, -0.15) is 5.26 Å². The molecule has 2 nitrogen and oxygen atoms in total. The molecule has 102 valence electrons. The van der Waals surface area contributed by atoms with E-state index >= 15 is 0 Å². The second-order valence-electron chi connectivity index (χ2n) is 4.83. The van der Waals surface area contributed by atoms with Crippen LogP contribution in [-0.4, -0.2) is 7.11 Å². The fourth-order valence-corrected chi connectivity index (χ4v) is 2.22. The lowest BCUT2D eigenvalue weighted by Crippen LogP contribution is -2.00. The van der Waals surface area contributed by atoms with Crippen molar-refractivity contribution < 1.29 is 4.74 Å². The molecule has 0 N–H and O–H groups in total. The highest BCUT2D eigenvalue weighted by atomic mass is 16.5. The Bertz CT molecular complexity index is 578. The maximum atomic E-state index is 9.39. The summed E-state index contributed by atoms with van der Waals surface area (Å²) in [5.41, 5.74) is 3.53. The summed E-state index contributed by atoms with van der Waals surface area (Å²) in [5, 5.41) is 9.39. The zero-order valence-corrected chi connectivity index (χ0v) is 12.0. The van der Waals surface area contributed by atoms with Crippen LogP contribution in [-0.2, 0) is 12.8 Å². The summed E-state index contributed by atoms with van der Waals surface area (Å²) < 4.78 is 5.15. The van der Waals surface area contributed by atoms with Crippen molar-refractivity contribution in [2.75, 3.05) is 7.11 Å². The molecule has 0 spiro atoms. The Labute approximate surface area is 120 Å². The Morgan fingerprint density at radius 1 is 1.00 bits per heavy atom. The van der Waals surface area contributed by atoms with Crippen LogP contribution in [0, 0.1) is 11.3 Å². The highest BCUT2D eigenvalue weighted by molar-refractivity contribution is 5.33. The first-order chi connectivity index (χ1) is 9.76. The molecule has 2 rings (SSSR count). The number of ether oxygens (including phenoxy) is 1. The number of nitrogens with zero attached hydrogens (tertiary/aromatic N) is 1. The summed E-state index contributed by atoms with van der Waals surface area (Å²) in [7, 11) is 1.66. The number of hydrogen-bond donors (Lipinski definition) is 0. The summed E-state index contributed by atoms with van der Waals surface area (Å²) in [5.74, 6) is 0.740. The highest BCUT2D eigenvalue weighted by Crippen LogP contribution is 2.22.